The molecule has 0 N–H and O–H groups in total. The number of ether oxygens (including phenoxy) is 1. The van der Waals surface area contributed by atoms with Crippen molar-refractivity contribution in [2.75, 3.05) is 18.6 Å². The number of oxazole rings is 1. The molecule has 0 spiro atoms. The van der Waals surface area contributed by atoms with Gasteiger partial charge in [-0.15, -0.1) is 0 Å². The second kappa shape index (κ2) is 6.11. The summed E-state index contributed by atoms with van der Waals surface area (Å²) in [6.45, 7) is 2.84. The Balaban J connectivity index is 1.74. The number of aromatic nitrogens is 3. The van der Waals surface area contributed by atoms with Gasteiger partial charge in [-0.1, -0.05) is 12.1 Å². The number of para-hydroxylation sites is 2. The summed E-state index contributed by atoms with van der Waals surface area (Å²) in [7, 11) is 1.63. The third kappa shape index (κ3) is 2.68. The first kappa shape index (κ1) is 14.9. The van der Waals surface area contributed by atoms with Crippen molar-refractivity contribution >= 4 is 17.0 Å². The van der Waals surface area contributed by atoms with Gasteiger partial charge in [-0.3, -0.25) is 0 Å². The molecule has 1 atom stereocenters. The molecule has 3 aromatic rings. The summed E-state index contributed by atoms with van der Waals surface area (Å²) in [5.41, 5.74) is 2.60. The minimum Gasteiger partial charge on any atom is -0.481 e. The van der Waals surface area contributed by atoms with Crippen LogP contribution in [0.25, 0.3) is 11.1 Å². The van der Waals surface area contributed by atoms with Crippen LogP contribution in [0.4, 0.5) is 5.95 Å². The average molecular weight is 324 g/mol. The molecule has 1 aliphatic heterocycles. The predicted octanol–water partition coefficient (Wildman–Crippen LogP) is 3.67. The Bertz CT molecular complexity index is 828. The van der Waals surface area contributed by atoms with Crippen LogP contribution in [-0.2, 0) is 0 Å². The summed E-state index contributed by atoms with van der Waals surface area (Å²) in [6, 6.07) is 9.75. The number of anilines is 1. The van der Waals surface area contributed by atoms with Crippen LogP contribution in [0.5, 0.6) is 5.88 Å². The minimum atomic E-state index is 0.0534. The van der Waals surface area contributed by atoms with Gasteiger partial charge < -0.3 is 14.1 Å². The Morgan fingerprint density at radius 3 is 2.88 bits per heavy atom. The van der Waals surface area contributed by atoms with E-state index < -0.39 is 0 Å². The fourth-order valence-corrected chi connectivity index (χ4v) is 3.22. The highest BCUT2D eigenvalue weighted by Crippen LogP contribution is 2.35. The highest BCUT2D eigenvalue weighted by Gasteiger charge is 2.30. The molecular weight excluding hydrogens is 304 g/mol. The monoisotopic (exact) mass is 324 g/mol. The quantitative estimate of drug-likeness (QED) is 0.732. The summed E-state index contributed by atoms with van der Waals surface area (Å²) < 4.78 is 11.3. The zero-order chi connectivity index (χ0) is 16.5. The number of hydrogen-bond acceptors (Lipinski definition) is 6. The van der Waals surface area contributed by atoms with Crippen molar-refractivity contribution < 1.29 is 9.15 Å². The Hall–Kier alpha value is -2.63. The number of rotatable bonds is 3. The number of benzene rings is 1. The van der Waals surface area contributed by atoms with Gasteiger partial charge in [-0.25, -0.2) is 9.97 Å². The minimum absolute atomic E-state index is 0.0534. The van der Waals surface area contributed by atoms with Crippen LogP contribution in [0.1, 0.15) is 36.9 Å². The van der Waals surface area contributed by atoms with E-state index in [9.17, 15) is 0 Å². The first-order valence-electron chi connectivity index (χ1n) is 8.26. The van der Waals surface area contributed by atoms with Gasteiger partial charge in [0, 0.05) is 18.3 Å². The maximum Gasteiger partial charge on any atom is 0.229 e. The molecule has 124 valence electrons. The van der Waals surface area contributed by atoms with Crippen molar-refractivity contribution in [3.05, 3.63) is 41.9 Å². The Morgan fingerprint density at radius 2 is 2.04 bits per heavy atom. The fraction of sp³-hybridized carbons (Fsp3) is 0.389. The van der Waals surface area contributed by atoms with E-state index >= 15 is 0 Å². The standard InChI is InChI=1S/C18H20N4O2/c1-12-11-16(23-2)21-18(19-12)22-10-6-5-8-14(22)17-20-13-7-3-4-9-15(13)24-17/h3-4,7,9,11,14H,5-6,8,10H2,1-2H3. The van der Waals surface area contributed by atoms with Crippen LogP contribution in [0.3, 0.4) is 0 Å². The molecule has 0 amide bonds. The van der Waals surface area contributed by atoms with E-state index in [0.717, 1.165) is 48.5 Å². The summed E-state index contributed by atoms with van der Waals surface area (Å²) in [4.78, 5) is 16.0. The fourth-order valence-electron chi connectivity index (χ4n) is 3.22. The van der Waals surface area contributed by atoms with Crippen LogP contribution < -0.4 is 9.64 Å². The van der Waals surface area contributed by atoms with Crippen LogP contribution in [0, 0.1) is 6.92 Å². The molecule has 3 heterocycles. The topological polar surface area (TPSA) is 64.3 Å². The van der Waals surface area contributed by atoms with Crippen molar-refractivity contribution in [3.8, 4) is 5.88 Å². The Labute approximate surface area is 140 Å². The molecule has 0 radical (unpaired) electrons. The molecule has 1 aliphatic rings. The van der Waals surface area contributed by atoms with Crippen molar-refractivity contribution in [1.82, 2.24) is 15.0 Å². The zero-order valence-corrected chi connectivity index (χ0v) is 13.9. The Kier molecular flexibility index (Phi) is 3.80. The van der Waals surface area contributed by atoms with Gasteiger partial charge >= 0.3 is 0 Å². The van der Waals surface area contributed by atoms with E-state index in [0.29, 0.717) is 11.8 Å². The highest BCUT2D eigenvalue weighted by atomic mass is 16.5. The third-order valence-electron chi connectivity index (χ3n) is 4.38. The van der Waals surface area contributed by atoms with E-state index in [4.69, 9.17) is 9.15 Å². The van der Waals surface area contributed by atoms with Crippen LogP contribution >= 0.6 is 0 Å². The lowest BCUT2D eigenvalue weighted by atomic mass is 10.0. The van der Waals surface area contributed by atoms with Crippen molar-refractivity contribution in [2.45, 2.75) is 32.2 Å². The Morgan fingerprint density at radius 1 is 1.17 bits per heavy atom. The highest BCUT2D eigenvalue weighted by molar-refractivity contribution is 5.72. The molecular formula is C18H20N4O2. The molecule has 1 saturated heterocycles. The number of aryl methyl sites for hydroxylation is 1. The first-order valence-corrected chi connectivity index (χ1v) is 8.26. The van der Waals surface area contributed by atoms with E-state index in [1.807, 2.05) is 37.3 Å². The summed E-state index contributed by atoms with van der Waals surface area (Å²) in [5, 5.41) is 0. The largest absolute Gasteiger partial charge is 0.481 e. The van der Waals surface area contributed by atoms with Gasteiger partial charge in [0.25, 0.3) is 0 Å². The molecule has 0 aliphatic carbocycles. The zero-order valence-electron chi connectivity index (χ0n) is 13.9. The molecule has 0 bridgehead atoms. The van der Waals surface area contributed by atoms with Crippen molar-refractivity contribution in [3.63, 3.8) is 0 Å². The maximum absolute atomic E-state index is 6.01. The average Bonchev–Trinajstić information content (AvgIpc) is 3.05. The van der Waals surface area contributed by atoms with Gasteiger partial charge in [0.15, 0.2) is 5.58 Å². The van der Waals surface area contributed by atoms with E-state index in [1.165, 1.54) is 0 Å². The second-order valence-electron chi connectivity index (χ2n) is 6.08. The molecule has 0 saturated carbocycles. The van der Waals surface area contributed by atoms with Crippen molar-refractivity contribution in [2.24, 2.45) is 0 Å². The number of nitrogens with zero attached hydrogens (tertiary/aromatic N) is 4. The smallest absolute Gasteiger partial charge is 0.229 e. The lowest BCUT2D eigenvalue weighted by Gasteiger charge is -2.33. The van der Waals surface area contributed by atoms with Gasteiger partial charge in [0.1, 0.15) is 11.6 Å². The molecule has 6 heteroatoms. The molecule has 2 aromatic heterocycles. The summed E-state index contributed by atoms with van der Waals surface area (Å²) in [5.74, 6) is 2.00. The predicted molar refractivity (Wildman–Crippen MR) is 91.3 cm³/mol. The van der Waals surface area contributed by atoms with Crippen LogP contribution in [0.2, 0.25) is 0 Å². The number of hydrogen-bond donors (Lipinski definition) is 0. The maximum atomic E-state index is 6.01. The van der Waals surface area contributed by atoms with Gasteiger partial charge in [0.2, 0.25) is 17.7 Å². The van der Waals surface area contributed by atoms with E-state index in [-0.39, 0.29) is 6.04 Å². The van der Waals surface area contributed by atoms with Crippen LogP contribution in [-0.4, -0.2) is 28.6 Å². The number of methoxy groups -OCH3 is 1. The third-order valence-corrected chi connectivity index (χ3v) is 4.38. The summed E-state index contributed by atoms with van der Waals surface area (Å²) in [6.07, 6.45) is 3.23. The normalized spacial score (nSPS) is 18.1. The first-order chi connectivity index (χ1) is 11.7. The van der Waals surface area contributed by atoms with Crippen molar-refractivity contribution in [1.29, 1.82) is 0 Å². The molecule has 6 nitrogen and oxygen atoms in total. The number of fused-ring (bicyclic) bond motifs is 1. The lowest BCUT2D eigenvalue weighted by Crippen LogP contribution is -2.35. The molecule has 1 aromatic carbocycles. The number of piperidine rings is 1. The molecule has 1 unspecified atom stereocenters. The molecule has 24 heavy (non-hydrogen) atoms. The lowest BCUT2D eigenvalue weighted by molar-refractivity contribution is 0.377. The SMILES string of the molecule is COc1cc(C)nc(N2CCCCC2c2nc3ccccc3o2)n1. The van der Waals surface area contributed by atoms with Gasteiger partial charge in [-0.05, 0) is 38.3 Å². The summed E-state index contributed by atoms with van der Waals surface area (Å²) >= 11 is 0. The second-order valence-corrected chi connectivity index (χ2v) is 6.08. The van der Waals surface area contributed by atoms with Gasteiger partial charge in [0.05, 0.1) is 7.11 Å². The molecule has 1 fully saturated rings. The van der Waals surface area contributed by atoms with E-state index in [1.54, 1.807) is 7.11 Å². The van der Waals surface area contributed by atoms with Gasteiger partial charge in [-0.2, -0.15) is 4.98 Å². The van der Waals surface area contributed by atoms with E-state index in [2.05, 4.69) is 19.9 Å². The molecule has 4 rings (SSSR count). The van der Waals surface area contributed by atoms with Crippen LogP contribution in [0.15, 0.2) is 34.7 Å².